The molecule has 4 heterocycles. The van der Waals surface area contributed by atoms with Gasteiger partial charge in [0.2, 0.25) is 5.88 Å². The summed E-state index contributed by atoms with van der Waals surface area (Å²) in [6.45, 7) is 7.51. The van der Waals surface area contributed by atoms with Gasteiger partial charge in [0.1, 0.15) is 0 Å². The van der Waals surface area contributed by atoms with E-state index in [4.69, 9.17) is 9.47 Å². The van der Waals surface area contributed by atoms with Crippen molar-refractivity contribution >= 4 is 21.1 Å². The first-order valence-corrected chi connectivity index (χ1v) is 15.1. The average Bonchev–Trinajstić information content (AvgIpc) is 3.36. The van der Waals surface area contributed by atoms with Gasteiger partial charge in [0.25, 0.3) is 10.0 Å². The highest BCUT2D eigenvalue weighted by Gasteiger charge is 2.27. The zero-order valence-corrected chi connectivity index (χ0v) is 24.1. The molecular formula is C32H32N4O4S. The maximum Gasteiger partial charge on any atom is 0.269 e. The Morgan fingerprint density at radius 2 is 1.61 bits per heavy atom. The Labute approximate surface area is 240 Å². The molecule has 0 aliphatic carbocycles. The lowest BCUT2D eigenvalue weighted by Crippen LogP contribution is -2.51. The highest BCUT2D eigenvalue weighted by Crippen LogP contribution is 2.35. The van der Waals surface area contributed by atoms with Crippen LogP contribution in [0.4, 0.5) is 0 Å². The number of aromatic nitrogens is 3. The van der Waals surface area contributed by atoms with Gasteiger partial charge in [0, 0.05) is 73.0 Å². The summed E-state index contributed by atoms with van der Waals surface area (Å²) >= 11 is 0. The molecule has 210 valence electrons. The van der Waals surface area contributed by atoms with Gasteiger partial charge >= 0.3 is 0 Å². The monoisotopic (exact) mass is 568 g/mol. The van der Waals surface area contributed by atoms with Crippen molar-refractivity contribution in [2.24, 2.45) is 0 Å². The quantitative estimate of drug-likeness (QED) is 0.231. The first-order valence-electron chi connectivity index (χ1n) is 13.6. The molecule has 9 heteroatoms. The molecule has 0 N–H and O–H groups in total. The van der Waals surface area contributed by atoms with E-state index >= 15 is 0 Å². The lowest BCUT2D eigenvalue weighted by molar-refractivity contribution is -0.0531. The van der Waals surface area contributed by atoms with E-state index in [1.165, 1.54) is 9.54 Å². The van der Waals surface area contributed by atoms with E-state index in [0.717, 1.165) is 59.4 Å². The van der Waals surface area contributed by atoms with Gasteiger partial charge in [0.15, 0.2) is 5.65 Å². The van der Waals surface area contributed by atoms with Crippen LogP contribution in [0, 0.1) is 6.92 Å². The Bertz CT molecular complexity index is 1780. The van der Waals surface area contributed by atoms with Gasteiger partial charge in [-0.25, -0.2) is 22.4 Å². The summed E-state index contributed by atoms with van der Waals surface area (Å²) in [6.07, 6.45) is 5.39. The number of likely N-dealkylation sites (tertiary alicyclic amines) is 1. The molecule has 3 aromatic heterocycles. The number of fused-ring (bicyclic) bond motifs is 1. The van der Waals surface area contributed by atoms with Crippen molar-refractivity contribution in [3.05, 3.63) is 96.4 Å². The van der Waals surface area contributed by atoms with Gasteiger partial charge < -0.3 is 9.47 Å². The highest BCUT2D eigenvalue weighted by atomic mass is 32.2. The standard InChI is InChI=1S/C32H32N4O4S/c1-4-40-27-19-35(20-27)18-23-7-9-24(10-8-23)26-15-29-30(25-11-14-31(39-3)33-16-25)21-36(32(29)34-17-26)41(37,38)28-12-5-22(2)6-13-28/h5-17,21,27H,4,18-20H2,1-3H3. The minimum Gasteiger partial charge on any atom is -0.481 e. The van der Waals surface area contributed by atoms with Crippen LogP contribution in [0.25, 0.3) is 33.3 Å². The van der Waals surface area contributed by atoms with Crippen LogP contribution in [0.1, 0.15) is 18.1 Å². The molecule has 2 aromatic carbocycles. The molecule has 0 spiro atoms. The zero-order chi connectivity index (χ0) is 28.6. The maximum absolute atomic E-state index is 13.7. The largest absolute Gasteiger partial charge is 0.481 e. The maximum atomic E-state index is 13.7. The second-order valence-corrected chi connectivity index (χ2v) is 12.1. The third-order valence-corrected chi connectivity index (χ3v) is 9.13. The summed E-state index contributed by atoms with van der Waals surface area (Å²) < 4.78 is 39.6. The molecule has 0 amide bonds. The van der Waals surface area contributed by atoms with Crippen LogP contribution >= 0.6 is 0 Å². The molecule has 1 fully saturated rings. The Balaban J connectivity index is 1.37. The predicted molar refractivity (Wildman–Crippen MR) is 159 cm³/mol. The number of rotatable bonds is 9. The minimum atomic E-state index is -3.89. The number of pyridine rings is 2. The predicted octanol–water partition coefficient (Wildman–Crippen LogP) is 5.54. The summed E-state index contributed by atoms with van der Waals surface area (Å²) in [5.41, 5.74) is 5.97. The van der Waals surface area contributed by atoms with Crippen molar-refractivity contribution in [2.45, 2.75) is 31.4 Å². The molecule has 5 aromatic rings. The van der Waals surface area contributed by atoms with Crippen molar-refractivity contribution in [3.8, 4) is 28.1 Å². The van der Waals surface area contributed by atoms with Gasteiger partial charge in [0.05, 0.1) is 18.1 Å². The molecule has 41 heavy (non-hydrogen) atoms. The van der Waals surface area contributed by atoms with Crippen molar-refractivity contribution in [1.29, 1.82) is 0 Å². The number of aryl methyl sites for hydroxylation is 1. The average molecular weight is 569 g/mol. The second-order valence-electron chi connectivity index (χ2n) is 10.3. The van der Waals surface area contributed by atoms with E-state index < -0.39 is 10.0 Å². The molecule has 0 bridgehead atoms. The van der Waals surface area contributed by atoms with Crippen molar-refractivity contribution in [2.75, 3.05) is 26.8 Å². The normalized spacial score (nSPS) is 14.3. The number of hydrogen-bond acceptors (Lipinski definition) is 7. The molecule has 0 saturated carbocycles. The Kier molecular flexibility index (Phi) is 7.33. The lowest BCUT2D eigenvalue weighted by Gasteiger charge is -2.38. The Morgan fingerprint density at radius 1 is 0.902 bits per heavy atom. The smallest absolute Gasteiger partial charge is 0.269 e. The fourth-order valence-electron chi connectivity index (χ4n) is 5.19. The first-order chi connectivity index (χ1) is 19.9. The van der Waals surface area contributed by atoms with E-state index in [2.05, 4.69) is 39.1 Å². The molecule has 0 atom stereocenters. The minimum absolute atomic E-state index is 0.204. The molecule has 1 aliphatic heterocycles. The van der Waals surface area contributed by atoms with Gasteiger partial charge in [-0.3, -0.25) is 4.90 Å². The number of ether oxygens (including phenoxy) is 2. The van der Waals surface area contributed by atoms with Crippen molar-refractivity contribution < 1.29 is 17.9 Å². The molecule has 1 saturated heterocycles. The van der Waals surface area contributed by atoms with Crippen LogP contribution in [0.5, 0.6) is 5.88 Å². The molecule has 1 aliphatic rings. The summed E-state index contributed by atoms with van der Waals surface area (Å²) in [4.78, 5) is 11.6. The van der Waals surface area contributed by atoms with Crippen LogP contribution in [-0.2, 0) is 21.3 Å². The Hall–Kier alpha value is -4.05. The summed E-state index contributed by atoms with van der Waals surface area (Å²) in [6, 6.07) is 20.9. The van der Waals surface area contributed by atoms with E-state index in [9.17, 15) is 8.42 Å². The van der Waals surface area contributed by atoms with E-state index in [1.54, 1.807) is 56.0 Å². The van der Waals surface area contributed by atoms with Gasteiger partial charge in [-0.1, -0.05) is 42.0 Å². The highest BCUT2D eigenvalue weighted by molar-refractivity contribution is 7.90. The molecule has 8 nitrogen and oxygen atoms in total. The zero-order valence-electron chi connectivity index (χ0n) is 23.3. The number of methoxy groups -OCH3 is 1. The fraction of sp³-hybridized carbons (Fsp3) is 0.250. The topological polar surface area (TPSA) is 86.6 Å². The van der Waals surface area contributed by atoms with Crippen molar-refractivity contribution in [1.82, 2.24) is 18.8 Å². The molecule has 0 unspecified atom stereocenters. The van der Waals surface area contributed by atoms with Crippen LogP contribution in [0.3, 0.4) is 0 Å². The van der Waals surface area contributed by atoms with Gasteiger partial charge in [-0.2, -0.15) is 0 Å². The second kappa shape index (κ2) is 11.1. The van der Waals surface area contributed by atoms with Crippen LogP contribution in [-0.4, -0.2) is 60.2 Å². The van der Waals surface area contributed by atoms with Crippen molar-refractivity contribution in [3.63, 3.8) is 0 Å². The summed E-state index contributed by atoms with van der Waals surface area (Å²) in [5, 5.41) is 0.719. The summed E-state index contributed by atoms with van der Waals surface area (Å²) in [7, 11) is -2.33. The van der Waals surface area contributed by atoms with E-state index in [0.29, 0.717) is 17.6 Å². The van der Waals surface area contributed by atoms with Crippen LogP contribution in [0.15, 0.2) is 90.2 Å². The molecule has 0 radical (unpaired) electrons. The fourth-order valence-corrected chi connectivity index (χ4v) is 6.51. The van der Waals surface area contributed by atoms with Crippen LogP contribution < -0.4 is 4.74 Å². The van der Waals surface area contributed by atoms with Crippen LogP contribution in [0.2, 0.25) is 0 Å². The van der Waals surface area contributed by atoms with Gasteiger partial charge in [-0.15, -0.1) is 0 Å². The number of hydrogen-bond donors (Lipinski definition) is 0. The third kappa shape index (κ3) is 5.36. The van der Waals surface area contributed by atoms with Gasteiger partial charge in [-0.05, 0) is 49.2 Å². The first kappa shape index (κ1) is 27.1. The third-order valence-electron chi connectivity index (χ3n) is 7.47. The molecule has 6 rings (SSSR count). The number of nitrogens with zero attached hydrogens (tertiary/aromatic N) is 4. The SMILES string of the molecule is CCOC1CN(Cc2ccc(-c3cnc4c(c3)c(-c3ccc(OC)nc3)cn4S(=O)(=O)c3ccc(C)cc3)cc2)C1. The lowest BCUT2D eigenvalue weighted by atomic mass is 10.0. The van der Waals surface area contributed by atoms with E-state index in [1.807, 2.05) is 26.0 Å². The van der Waals surface area contributed by atoms with E-state index in [-0.39, 0.29) is 4.90 Å². The summed E-state index contributed by atoms with van der Waals surface area (Å²) in [5.74, 6) is 0.482. The molecular weight excluding hydrogens is 536 g/mol. The number of benzene rings is 2. The Morgan fingerprint density at radius 3 is 2.27 bits per heavy atom.